The number of hydrogen-bond donors (Lipinski definition) is 3. The van der Waals surface area contributed by atoms with Crippen LogP contribution in [0, 0.1) is 17.3 Å². The maximum Gasteiger partial charge on any atom is 0.308 e. The van der Waals surface area contributed by atoms with Gasteiger partial charge in [-0.25, -0.2) is 0 Å². The second-order valence-electron chi connectivity index (χ2n) is 7.54. The lowest BCUT2D eigenvalue weighted by molar-refractivity contribution is -0.146. The van der Waals surface area contributed by atoms with E-state index >= 15 is 0 Å². The van der Waals surface area contributed by atoms with Crippen LogP contribution in [0.5, 0.6) is 0 Å². The topological polar surface area (TPSA) is 113 Å². The van der Waals surface area contributed by atoms with Crippen LogP contribution in [-0.2, 0) is 19.1 Å². The normalized spacial score (nSPS) is 26.8. The predicted octanol–water partition coefficient (Wildman–Crippen LogP) is 2.04. The van der Waals surface area contributed by atoms with Crippen LogP contribution in [0.15, 0.2) is 0 Å². The maximum atomic E-state index is 13.0. The molecule has 2 aliphatic rings. The SMILES string of the molecule is COCC(CC1(C(=O)NC2CCC(C(=O)O)CC2)CCCC1)C(=O)O. The Balaban J connectivity index is 1.98. The average Bonchev–Trinajstić information content (AvgIpc) is 3.05. The molecular weight excluding hydrogens is 326 g/mol. The van der Waals surface area contributed by atoms with Crippen molar-refractivity contribution in [1.29, 1.82) is 0 Å². The van der Waals surface area contributed by atoms with Gasteiger partial charge in [0.15, 0.2) is 0 Å². The highest BCUT2D eigenvalue weighted by Crippen LogP contribution is 2.44. The first-order valence-electron chi connectivity index (χ1n) is 9.13. The van der Waals surface area contributed by atoms with Crippen LogP contribution in [0.1, 0.15) is 57.8 Å². The first kappa shape index (κ1) is 19.7. The summed E-state index contributed by atoms with van der Waals surface area (Å²) in [5, 5.41) is 21.5. The number of aliphatic carboxylic acids is 2. The molecular formula is C18H29NO6. The van der Waals surface area contributed by atoms with E-state index in [-0.39, 0.29) is 24.5 Å². The summed E-state index contributed by atoms with van der Waals surface area (Å²) in [5.41, 5.74) is -0.634. The van der Waals surface area contributed by atoms with Crippen molar-refractivity contribution >= 4 is 17.8 Å². The average molecular weight is 355 g/mol. The minimum atomic E-state index is -0.928. The van der Waals surface area contributed by atoms with Gasteiger partial charge in [-0.2, -0.15) is 0 Å². The second-order valence-corrected chi connectivity index (χ2v) is 7.54. The predicted molar refractivity (Wildman–Crippen MR) is 90.0 cm³/mol. The molecule has 0 aliphatic heterocycles. The summed E-state index contributed by atoms with van der Waals surface area (Å²) in [4.78, 5) is 35.5. The van der Waals surface area contributed by atoms with Crippen LogP contribution >= 0.6 is 0 Å². The van der Waals surface area contributed by atoms with Gasteiger partial charge >= 0.3 is 11.9 Å². The van der Waals surface area contributed by atoms with E-state index < -0.39 is 23.3 Å². The van der Waals surface area contributed by atoms with E-state index in [4.69, 9.17) is 9.84 Å². The smallest absolute Gasteiger partial charge is 0.308 e. The molecule has 25 heavy (non-hydrogen) atoms. The molecule has 3 N–H and O–H groups in total. The molecule has 2 saturated carbocycles. The summed E-state index contributed by atoms with van der Waals surface area (Å²) < 4.78 is 5.02. The van der Waals surface area contributed by atoms with Crippen LogP contribution in [-0.4, -0.2) is 47.8 Å². The van der Waals surface area contributed by atoms with Crippen LogP contribution in [0.3, 0.4) is 0 Å². The van der Waals surface area contributed by atoms with E-state index in [0.717, 1.165) is 12.8 Å². The Morgan fingerprint density at radius 3 is 2.20 bits per heavy atom. The van der Waals surface area contributed by atoms with Crippen LogP contribution in [0.2, 0.25) is 0 Å². The molecule has 142 valence electrons. The number of carbonyl (C=O) groups excluding carboxylic acids is 1. The molecule has 1 unspecified atom stereocenters. The van der Waals surface area contributed by atoms with Gasteiger partial charge in [-0.1, -0.05) is 12.8 Å². The minimum Gasteiger partial charge on any atom is -0.481 e. The van der Waals surface area contributed by atoms with Crippen molar-refractivity contribution in [2.75, 3.05) is 13.7 Å². The molecule has 0 bridgehead atoms. The number of rotatable bonds is 8. The molecule has 0 aromatic heterocycles. The van der Waals surface area contributed by atoms with Crippen molar-refractivity contribution in [2.45, 2.75) is 63.8 Å². The second kappa shape index (κ2) is 8.65. The molecule has 1 amide bonds. The monoisotopic (exact) mass is 355 g/mol. The van der Waals surface area contributed by atoms with Gasteiger partial charge in [0.25, 0.3) is 0 Å². The Hall–Kier alpha value is -1.63. The van der Waals surface area contributed by atoms with Crippen LogP contribution < -0.4 is 5.32 Å². The highest BCUT2D eigenvalue weighted by atomic mass is 16.5. The fourth-order valence-corrected chi connectivity index (χ4v) is 4.29. The Labute approximate surface area is 148 Å². The Kier molecular flexibility index (Phi) is 6.81. The fourth-order valence-electron chi connectivity index (χ4n) is 4.29. The van der Waals surface area contributed by atoms with E-state index in [1.807, 2.05) is 0 Å². The zero-order chi connectivity index (χ0) is 18.4. The van der Waals surface area contributed by atoms with Gasteiger partial charge in [0, 0.05) is 13.2 Å². The van der Waals surface area contributed by atoms with E-state index in [1.165, 1.54) is 7.11 Å². The molecule has 2 fully saturated rings. The van der Waals surface area contributed by atoms with Crippen molar-refractivity contribution < 1.29 is 29.3 Å². The number of amides is 1. The van der Waals surface area contributed by atoms with Crippen molar-refractivity contribution in [3.8, 4) is 0 Å². The van der Waals surface area contributed by atoms with Crippen molar-refractivity contribution in [1.82, 2.24) is 5.32 Å². The van der Waals surface area contributed by atoms with Gasteiger partial charge in [-0.05, 0) is 44.9 Å². The molecule has 7 nitrogen and oxygen atoms in total. The number of carboxylic acids is 2. The van der Waals surface area contributed by atoms with E-state index in [9.17, 15) is 19.5 Å². The van der Waals surface area contributed by atoms with Gasteiger partial charge in [0.1, 0.15) is 0 Å². The van der Waals surface area contributed by atoms with Gasteiger partial charge in [-0.3, -0.25) is 14.4 Å². The van der Waals surface area contributed by atoms with Crippen LogP contribution in [0.25, 0.3) is 0 Å². The van der Waals surface area contributed by atoms with E-state index in [2.05, 4.69) is 5.32 Å². The molecule has 0 aromatic carbocycles. The van der Waals surface area contributed by atoms with Gasteiger partial charge in [-0.15, -0.1) is 0 Å². The Bertz CT molecular complexity index is 492. The number of methoxy groups -OCH3 is 1. The third kappa shape index (κ3) is 4.93. The highest BCUT2D eigenvalue weighted by molar-refractivity contribution is 5.84. The summed E-state index contributed by atoms with van der Waals surface area (Å²) in [6, 6.07) is -0.00808. The number of ether oxygens (including phenoxy) is 1. The maximum absolute atomic E-state index is 13.0. The molecule has 0 spiro atoms. The summed E-state index contributed by atoms with van der Waals surface area (Å²) >= 11 is 0. The van der Waals surface area contributed by atoms with E-state index in [1.54, 1.807) is 0 Å². The first-order valence-corrected chi connectivity index (χ1v) is 9.13. The van der Waals surface area contributed by atoms with E-state index in [0.29, 0.717) is 44.9 Å². The number of hydrogen-bond acceptors (Lipinski definition) is 4. The van der Waals surface area contributed by atoms with Crippen molar-refractivity contribution in [3.05, 3.63) is 0 Å². The molecule has 1 atom stereocenters. The lowest BCUT2D eigenvalue weighted by atomic mass is 9.76. The zero-order valence-electron chi connectivity index (χ0n) is 14.8. The molecule has 2 aliphatic carbocycles. The molecule has 0 heterocycles. The largest absolute Gasteiger partial charge is 0.481 e. The number of nitrogens with one attached hydrogen (secondary N) is 1. The van der Waals surface area contributed by atoms with Gasteiger partial charge in [0.05, 0.1) is 23.9 Å². The molecule has 0 aromatic rings. The van der Waals surface area contributed by atoms with Crippen LogP contribution in [0.4, 0.5) is 0 Å². The third-order valence-corrected chi connectivity index (χ3v) is 5.81. The Morgan fingerprint density at radius 2 is 1.72 bits per heavy atom. The minimum absolute atomic E-state index is 0.00808. The number of carboxylic acid groups (broad SMARTS) is 2. The van der Waals surface area contributed by atoms with Gasteiger partial charge < -0.3 is 20.3 Å². The fraction of sp³-hybridized carbons (Fsp3) is 0.833. The Morgan fingerprint density at radius 1 is 1.12 bits per heavy atom. The molecule has 7 heteroatoms. The summed E-state index contributed by atoms with van der Waals surface area (Å²) in [6.07, 6.45) is 6.05. The highest BCUT2D eigenvalue weighted by Gasteiger charge is 2.44. The third-order valence-electron chi connectivity index (χ3n) is 5.81. The summed E-state index contributed by atoms with van der Waals surface area (Å²) in [5.74, 6) is -2.75. The van der Waals surface area contributed by atoms with Crippen molar-refractivity contribution in [2.24, 2.45) is 17.3 Å². The molecule has 0 radical (unpaired) electrons. The summed E-state index contributed by atoms with van der Waals surface area (Å²) in [7, 11) is 1.47. The number of carbonyl (C=O) groups is 3. The lowest BCUT2D eigenvalue weighted by Crippen LogP contribution is -2.47. The quantitative estimate of drug-likeness (QED) is 0.614. The van der Waals surface area contributed by atoms with Crippen molar-refractivity contribution in [3.63, 3.8) is 0 Å². The lowest BCUT2D eigenvalue weighted by Gasteiger charge is -2.34. The zero-order valence-corrected chi connectivity index (χ0v) is 14.8. The molecule has 0 saturated heterocycles. The molecule has 2 rings (SSSR count). The standard InChI is InChI=1S/C18H29NO6/c1-25-11-13(16(22)23)10-18(8-2-3-9-18)17(24)19-14-6-4-12(5-7-14)15(20)21/h12-14H,2-11H2,1H3,(H,19,24)(H,20,21)(H,22,23). The van der Waals surface area contributed by atoms with Gasteiger partial charge in [0.2, 0.25) is 5.91 Å². The summed E-state index contributed by atoms with van der Waals surface area (Å²) in [6.45, 7) is 0.105. The first-order chi connectivity index (χ1) is 11.9.